The van der Waals surface area contributed by atoms with Gasteiger partial charge in [-0.3, -0.25) is 0 Å². The van der Waals surface area contributed by atoms with E-state index in [-0.39, 0.29) is 5.75 Å². The molecule has 2 rings (SSSR count). The summed E-state index contributed by atoms with van der Waals surface area (Å²) in [6.07, 6.45) is 0. The third kappa shape index (κ3) is 6.44. The lowest BCUT2D eigenvalue weighted by Crippen LogP contribution is -2.36. The van der Waals surface area contributed by atoms with E-state index in [1.165, 1.54) is 17.5 Å². The summed E-state index contributed by atoms with van der Waals surface area (Å²) in [5.74, 6) is 0.713. The molecule has 3 N–H and O–H groups in total. The molecule has 2 aromatic rings. The predicted octanol–water partition coefficient (Wildman–Crippen LogP) is 2.36. The molecular weight excluding hydrogens is 368 g/mol. The third-order valence-corrected chi connectivity index (χ3v) is 6.17. The van der Waals surface area contributed by atoms with E-state index in [2.05, 4.69) is 38.7 Å². The van der Waals surface area contributed by atoms with Crippen LogP contribution in [0.4, 0.5) is 0 Å². The van der Waals surface area contributed by atoms with Crippen molar-refractivity contribution < 1.29 is 8.42 Å². The molecule has 0 fully saturated rings. The third-order valence-electron chi connectivity index (χ3n) is 3.81. The van der Waals surface area contributed by atoms with Crippen LogP contribution in [0.3, 0.4) is 0 Å². The molecule has 0 radical (unpaired) electrons. The zero-order chi connectivity index (χ0) is 19.0. The van der Waals surface area contributed by atoms with Crippen LogP contribution in [0.5, 0.6) is 0 Å². The van der Waals surface area contributed by atoms with Gasteiger partial charge in [0.15, 0.2) is 5.96 Å². The highest BCUT2D eigenvalue weighted by atomic mass is 32.2. The lowest BCUT2D eigenvalue weighted by atomic mass is 10.1. The quantitative estimate of drug-likeness (QED) is 0.474. The summed E-state index contributed by atoms with van der Waals surface area (Å²) in [5.41, 5.74) is 2.99. The molecule has 0 bridgehead atoms. The zero-order valence-corrected chi connectivity index (χ0v) is 17.0. The van der Waals surface area contributed by atoms with Crippen LogP contribution >= 0.6 is 11.3 Å². The van der Waals surface area contributed by atoms with Gasteiger partial charge in [0, 0.05) is 11.4 Å². The fourth-order valence-electron chi connectivity index (χ4n) is 2.37. The first kappa shape index (κ1) is 20.4. The number of aliphatic imine (C=N–C) groups is 1. The molecule has 1 aromatic carbocycles. The largest absolute Gasteiger partial charge is 0.357 e. The second kappa shape index (κ2) is 9.70. The van der Waals surface area contributed by atoms with Crippen molar-refractivity contribution >= 4 is 27.3 Å². The fraction of sp³-hybridized carbons (Fsp3) is 0.389. The molecule has 142 valence electrons. The number of nitrogens with zero attached hydrogens (tertiary/aromatic N) is 1. The molecule has 0 saturated carbocycles. The smallest absolute Gasteiger partial charge is 0.215 e. The van der Waals surface area contributed by atoms with Crippen molar-refractivity contribution in [2.45, 2.75) is 32.7 Å². The van der Waals surface area contributed by atoms with Gasteiger partial charge in [-0.25, -0.2) is 18.1 Å². The van der Waals surface area contributed by atoms with Gasteiger partial charge in [-0.1, -0.05) is 24.3 Å². The highest BCUT2D eigenvalue weighted by Crippen LogP contribution is 2.15. The van der Waals surface area contributed by atoms with Crippen molar-refractivity contribution in [3.63, 3.8) is 0 Å². The Bertz CT molecular complexity index is 844. The Balaban J connectivity index is 2.03. The van der Waals surface area contributed by atoms with Crippen molar-refractivity contribution in [1.82, 2.24) is 15.4 Å². The van der Waals surface area contributed by atoms with Gasteiger partial charge in [0.25, 0.3) is 0 Å². The first-order valence-corrected chi connectivity index (χ1v) is 11.0. The van der Waals surface area contributed by atoms with E-state index >= 15 is 0 Å². The van der Waals surface area contributed by atoms with Crippen LogP contribution in [0.25, 0.3) is 0 Å². The van der Waals surface area contributed by atoms with Gasteiger partial charge in [0.1, 0.15) is 0 Å². The number of hydrogen-bond acceptors (Lipinski definition) is 4. The van der Waals surface area contributed by atoms with Crippen LogP contribution in [0, 0.1) is 6.92 Å². The summed E-state index contributed by atoms with van der Waals surface area (Å²) in [6, 6.07) is 9.61. The number of guanidine groups is 1. The molecule has 0 spiro atoms. The van der Waals surface area contributed by atoms with Gasteiger partial charge >= 0.3 is 0 Å². The maximum Gasteiger partial charge on any atom is 0.215 e. The Morgan fingerprint density at radius 3 is 2.62 bits per heavy atom. The first-order chi connectivity index (χ1) is 12.4. The molecular formula is C18H26N4O2S2. The lowest BCUT2D eigenvalue weighted by molar-refractivity contribution is 0.587. The number of hydrogen-bond donors (Lipinski definition) is 3. The maximum atomic E-state index is 11.7. The number of benzene rings is 1. The Hall–Kier alpha value is -1.90. The minimum Gasteiger partial charge on any atom is -0.357 e. The van der Waals surface area contributed by atoms with Crippen molar-refractivity contribution in [2.24, 2.45) is 4.99 Å². The Kier molecular flexibility index (Phi) is 7.62. The number of rotatable bonds is 8. The molecule has 6 nitrogen and oxygen atoms in total. The molecule has 0 unspecified atom stereocenters. The van der Waals surface area contributed by atoms with E-state index in [9.17, 15) is 8.42 Å². The average Bonchev–Trinajstić information content (AvgIpc) is 3.02. The standard InChI is InChI=1S/C18H26N4O2S2/c1-4-20-18(22-12-17-14(2)8-9-25-17)21-11-15-6-5-7-16(10-15)13-26(23,24)19-3/h5-10,19H,4,11-13H2,1-3H3,(H2,20,21,22). The van der Waals surface area contributed by atoms with Crippen LogP contribution in [-0.4, -0.2) is 28.0 Å². The van der Waals surface area contributed by atoms with E-state index in [0.29, 0.717) is 6.54 Å². The van der Waals surface area contributed by atoms with E-state index < -0.39 is 10.0 Å². The maximum absolute atomic E-state index is 11.7. The summed E-state index contributed by atoms with van der Waals surface area (Å²) >= 11 is 1.73. The van der Waals surface area contributed by atoms with Gasteiger partial charge < -0.3 is 10.6 Å². The van der Waals surface area contributed by atoms with E-state index in [4.69, 9.17) is 0 Å². The molecule has 1 aromatic heterocycles. The fourth-order valence-corrected chi connectivity index (χ4v) is 3.98. The van der Waals surface area contributed by atoms with Gasteiger partial charge in [0.05, 0.1) is 18.8 Å². The summed E-state index contributed by atoms with van der Waals surface area (Å²) in [5, 5.41) is 8.66. The topological polar surface area (TPSA) is 82.6 Å². The van der Waals surface area contributed by atoms with Crippen LogP contribution in [0.2, 0.25) is 0 Å². The molecule has 0 aliphatic heterocycles. The number of aryl methyl sites for hydroxylation is 1. The second-order valence-corrected chi connectivity index (χ2v) is 8.79. The molecule has 26 heavy (non-hydrogen) atoms. The minimum absolute atomic E-state index is 0.0307. The zero-order valence-electron chi connectivity index (χ0n) is 15.4. The number of nitrogens with one attached hydrogen (secondary N) is 3. The van der Waals surface area contributed by atoms with Crippen LogP contribution in [-0.2, 0) is 28.9 Å². The molecule has 0 amide bonds. The predicted molar refractivity (Wildman–Crippen MR) is 109 cm³/mol. The highest BCUT2D eigenvalue weighted by molar-refractivity contribution is 7.88. The SMILES string of the molecule is CCNC(=NCc1cccc(CS(=O)(=O)NC)c1)NCc1sccc1C. The summed E-state index contributed by atoms with van der Waals surface area (Å²) < 4.78 is 25.7. The van der Waals surface area contributed by atoms with E-state index in [1.807, 2.05) is 31.2 Å². The van der Waals surface area contributed by atoms with Crippen LogP contribution in [0.15, 0.2) is 40.7 Å². The van der Waals surface area contributed by atoms with Gasteiger partial charge in [-0.2, -0.15) is 0 Å². The molecule has 0 aliphatic rings. The van der Waals surface area contributed by atoms with Crippen molar-refractivity contribution in [3.8, 4) is 0 Å². The number of thiophene rings is 1. The minimum atomic E-state index is -3.28. The summed E-state index contributed by atoms with van der Waals surface area (Å²) in [4.78, 5) is 5.89. The normalized spacial score (nSPS) is 12.2. The van der Waals surface area contributed by atoms with Gasteiger partial charge in [-0.05, 0) is 49.0 Å². The van der Waals surface area contributed by atoms with E-state index in [1.54, 1.807) is 11.3 Å². The molecule has 0 aliphatic carbocycles. The lowest BCUT2D eigenvalue weighted by Gasteiger charge is -2.11. The van der Waals surface area contributed by atoms with Gasteiger partial charge in [-0.15, -0.1) is 11.3 Å². The van der Waals surface area contributed by atoms with Crippen LogP contribution < -0.4 is 15.4 Å². The Labute approximate surface area is 159 Å². The first-order valence-electron chi connectivity index (χ1n) is 8.47. The van der Waals surface area contributed by atoms with Crippen LogP contribution in [0.1, 0.15) is 28.5 Å². The molecule has 1 heterocycles. The highest BCUT2D eigenvalue weighted by Gasteiger charge is 2.09. The Morgan fingerprint density at radius 2 is 1.96 bits per heavy atom. The summed E-state index contributed by atoms with van der Waals surface area (Å²) in [6.45, 7) is 6.11. The molecule has 0 atom stereocenters. The summed E-state index contributed by atoms with van der Waals surface area (Å²) in [7, 11) is -1.85. The van der Waals surface area contributed by atoms with Crippen molar-refractivity contribution in [2.75, 3.05) is 13.6 Å². The molecule has 8 heteroatoms. The monoisotopic (exact) mass is 394 g/mol. The van der Waals surface area contributed by atoms with Crippen molar-refractivity contribution in [1.29, 1.82) is 0 Å². The van der Waals surface area contributed by atoms with Gasteiger partial charge in [0.2, 0.25) is 10.0 Å². The van der Waals surface area contributed by atoms with E-state index in [0.717, 1.165) is 30.2 Å². The second-order valence-electron chi connectivity index (χ2n) is 5.86. The average molecular weight is 395 g/mol. The Morgan fingerprint density at radius 1 is 1.19 bits per heavy atom. The van der Waals surface area contributed by atoms with Crippen molar-refractivity contribution in [3.05, 3.63) is 57.3 Å². The number of sulfonamides is 1. The molecule has 0 saturated heterocycles.